The molecule has 0 aliphatic rings. The van der Waals surface area contributed by atoms with Gasteiger partial charge in [-0.25, -0.2) is 0 Å². The fourth-order valence-electron chi connectivity index (χ4n) is 2.06. The topological polar surface area (TPSA) is 90.0 Å². The Hall–Kier alpha value is -2.44. The molecule has 0 aliphatic heterocycles. The van der Waals surface area contributed by atoms with Crippen molar-refractivity contribution < 1.29 is 9.21 Å². The molecule has 1 amide bonds. The number of carbonyl (C=O) groups excluding carboxylic acids is 1. The number of hydrogen-bond acceptors (Lipinski definition) is 5. The molecule has 7 heteroatoms. The first-order valence-electron chi connectivity index (χ1n) is 6.81. The lowest BCUT2D eigenvalue weighted by Crippen LogP contribution is -2.29. The van der Waals surface area contributed by atoms with Crippen molar-refractivity contribution in [2.24, 2.45) is 0 Å². The molecule has 2 rings (SSSR count). The third-order valence-electron chi connectivity index (χ3n) is 2.96. The quantitative estimate of drug-likeness (QED) is 0.900. The second kappa shape index (κ2) is 6.34. The molecule has 0 radical (unpaired) electrons. The molecule has 1 atom stereocenters. The molecule has 0 fully saturated rings. The average molecular weight is 290 g/mol. The van der Waals surface area contributed by atoms with Crippen LogP contribution < -0.4 is 10.7 Å². The van der Waals surface area contributed by atoms with Crippen LogP contribution in [0.1, 0.15) is 48.4 Å². The van der Waals surface area contributed by atoms with Crippen LogP contribution in [0.25, 0.3) is 0 Å². The molecule has 21 heavy (non-hydrogen) atoms. The van der Waals surface area contributed by atoms with Crippen LogP contribution in [0, 0.1) is 6.92 Å². The molecule has 0 bridgehead atoms. The van der Waals surface area contributed by atoms with Crippen molar-refractivity contribution in [3.8, 4) is 0 Å². The molecular formula is C14H18N4O3. The monoisotopic (exact) mass is 290 g/mol. The summed E-state index contributed by atoms with van der Waals surface area (Å²) < 4.78 is 7.15. The van der Waals surface area contributed by atoms with Crippen molar-refractivity contribution in [3.63, 3.8) is 0 Å². The minimum atomic E-state index is -0.450. The van der Waals surface area contributed by atoms with Crippen molar-refractivity contribution >= 4 is 5.91 Å². The number of carbonyl (C=O) groups is 1. The number of nitrogens with one attached hydrogen (secondary N) is 1. The second-order valence-electron chi connectivity index (χ2n) is 4.85. The molecule has 0 saturated heterocycles. The van der Waals surface area contributed by atoms with Gasteiger partial charge < -0.3 is 14.3 Å². The number of hydrogen-bond donors (Lipinski definition) is 1. The summed E-state index contributed by atoms with van der Waals surface area (Å²) in [6.45, 7) is 6.26. The Morgan fingerprint density at radius 3 is 2.90 bits per heavy atom. The predicted octanol–water partition coefficient (Wildman–Crippen LogP) is 1.44. The Kier molecular flexibility index (Phi) is 4.52. The normalized spacial score (nSPS) is 12.1. The van der Waals surface area contributed by atoms with Gasteiger partial charge >= 0.3 is 0 Å². The van der Waals surface area contributed by atoms with Gasteiger partial charge in [-0.2, -0.15) is 0 Å². The molecule has 112 valence electrons. The molecule has 2 aromatic heterocycles. The molecule has 0 unspecified atom stereocenters. The van der Waals surface area contributed by atoms with Crippen LogP contribution in [0.2, 0.25) is 0 Å². The second-order valence-corrected chi connectivity index (χ2v) is 4.85. The molecular weight excluding hydrogens is 272 g/mol. The lowest BCUT2D eigenvalue weighted by atomic mass is 10.2. The average Bonchev–Trinajstić information content (AvgIpc) is 2.86. The number of aryl methyl sites for hydroxylation is 2. The van der Waals surface area contributed by atoms with E-state index in [1.165, 1.54) is 12.1 Å². The van der Waals surface area contributed by atoms with Gasteiger partial charge in [-0.3, -0.25) is 9.59 Å². The minimum absolute atomic E-state index is 0.00610. The smallest absolute Gasteiger partial charge is 0.287 e. The van der Waals surface area contributed by atoms with E-state index in [-0.39, 0.29) is 17.2 Å². The summed E-state index contributed by atoms with van der Waals surface area (Å²) in [4.78, 5) is 23.5. The first-order chi connectivity index (χ1) is 10.0. The van der Waals surface area contributed by atoms with Crippen LogP contribution in [-0.4, -0.2) is 20.7 Å². The van der Waals surface area contributed by atoms with E-state index in [1.54, 1.807) is 13.3 Å². The molecule has 0 spiro atoms. The van der Waals surface area contributed by atoms with Crippen LogP contribution in [0.4, 0.5) is 0 Å². The van der Waals surface area contributed by atoms with E-state index in [9.17, 15) is 9.59 Å². The molecule has 2 heterocycles. The predicted molar refractivity (Wildman–Crippen MR) is 75.9 cm³/mol. The van der Waals surface area contributed by atoms with Crippen LogP contribution in [0.5, 0.6) is 0 Å². The zero-order chi connectivity index (χ0) is 15.4. The van der Waals surface area contributed by atoms with Crippen molar-refractivity contribution in [1.29, 1.82) is 0 Å². The van der Waals surface area contributed by atoms with Gasteiger partial charge in [0.1, 0.15) is 12.1 Å². The third kappa shape index (κ3) is 3.56. The van der Waals surface area contributed by atoms with Crippen LogP contribution in [0.15, 0.2) is 27.7 Å². The van der Waals surface area contributed by atoms with Gasteiger partial charge in [0.25, 0.3) is 5.91 Å². The maximum Gasteiger partial charge on any atom is 0.287 e. The Labute approximate surface area is 122 Å². The molecule has 0 aliphatic carbocycles. The number of rotatable bonds is 5. The van der Waals surface area contributed by atoms with E-state index >= 15 is 0 Å². The zero-order valence-corrected chi connectivity index (χ0v) is 12.3. The Balaban J connectivity index is 2.15. The first kappa shape index (κ1) is 15.0. The first-order valence-corrected chi connectivity index (χ1v) is 6.81. The molecule has 7 nitrogen and oxygen atoms in total. The Morgan fingerprint density at radius 1 is 1.48 bits per heavy atom. The highest BCUT2D eigenvalue weighted by Crippen LogP contribution is 2.11. The fourth-order valence-corrected chi connectivity index (χ4v) is 2.06. The molecule has 0 saturated carbocycles. The highest BCUT2D eigenvalue weighted by molar-refractivity contribution is 5.91. The largest absolute Gasteiger partial charge is 0.456 e. The Morgan fingerprint density at radius 2 is 2.24 bits per heavy atom. The summed E-state index contributed by atoms with van der Waals surface area (Å²) in [6, 6.07) is 2.17. The van der Waals surface area contributed by atoms with E-state index in [2.05, 4.69) is 22.4 Å². The van der Waals surface area contributed by atoms with Crippen molar-refractivity contribution in [3.05, 3.63) is 46.0 Å². The summed E-state index contributed by atoms with van der Waals surface area (Å²) >= 11 is 0. The third-order valence-corrected chi connectivity index (χ3v) is 2.96. The lowest BCUT2D eigenvalue weighted by Gasteiger charge is -2.14. The van der Waals surface area contributed by atoms with Gasteiger partial charge in [0.15, 0.2) is 17.0 Å². The van der Waals surface area contributed by atoms with Gasteiger partial charge in [0, 0.05) is 18.7 Å². The summed E-state index contributed by atoms with van der Waals surface area (Å²) in [6.07, 6.45) is 2.58. The van der Waals surface area contributed by atoms with E-state index in [4.69, 9.17) is 4.42 Å². The highest BCUT2D eigenvalue weighted by Gasteiger charge is 2.18. The summed E-state index contributed by atoms with van der Waals surface area (Å²) in [7, 11) is 0. The SMILES string of the molecule is CCCn1cnnc1[C@H](C)NC(=O)c1cc(=O)cc(C)o1. The standard InChI is InChI=1S/C14H18N4O3/c1-4-5-18-8-15-17-13(18)10(3)16-14(20)12-7-11(19)6-9(2)21-12/h6-8,10H,4-5H2,1-3H3,(H,16,20)/t10-/m0/s1. The lowest BCUT2D eigenvalue weighted by molar-refractivity contribution is 0.0905. The van der Waals surface area contributed by atoms with Crippen LogP contribution in [-0.2, 0) is 6.54 Å². The minimum Gasteiger partial charge on any atom is -0.456 e. The number of aromatic nitrogens is 3. The fraction of sp³-hybridized carbons (Fsp3) is 0.429. The Bertz CT molecular complexity index is 690. The van der Waals surface area contributed by atoms with E-state index in [0.717, 1.165) is 13.0 Å². The number of amides is 1. The summed E-state index contributed by atoms with van der Waals surface area (Å²) in [5, 5.41) is 10.6. The number of nitrogens with zero attached hydrogens (tertiary/aromatic N) is 3. The van der Waals surface area contributed by atoms with Gasteiger partial charge in [-0.1, -0.05) is 6.92 Å². The molecule has 0 aromatic carbocycles. The van der Waals surface area contributed by atoms with E-state index < -0.39 is 5.91 Å². The van der Waals surface area contributed by atoms with Crippen molar-refractivity contribution in [1.82, 2.24) is 20.1 Å². The zero-order valence-electron chi connectivity index (χ0n) is 12.3. The van der Waals surface area contributed by atoms with Crippen molar-refractivity contribution in [2.75, 3.05) is 0 Å². The maximum absolute atomic E-state index is 12.1. The summed E-state index contributed by atoms with van der Waals surface area (Å²) in [5.41, 5.74) is -0.259. The van der Waals surface area contributed by atoms with Gasteiger partial charge in [0.05, 0.1) is 6.04 Å². The summed E-state index contributed by atoms with van der Waals surface area (Å²) in [5.74, 6) is 0.609. The van der Waals surface area contributed by atoms with Gasteiger partial charge in [-0.05, 0) is 20.3 Å². The maximum atomic E-state index is 12.1. The van der Waals surface area contributed by atoms with E-state index in [1.807, 2.05) is 11.5 Å². The van der Waals surface area contributed by atoms with Gasteiger partial charge in [0.2, 0.25) is 0 Å². The van der Waals surface area contributed by atoms with Crippen molar-refractivity contribution in [2.45, 2.75) is 39.8 Å². The highest BCUT2D eigenvalue weighted by atomic mass is 16.3. The molecule has 1 N–H and O–H groups in total. The molecule has 2 aromatic rings. The van der Waals surface area contributed by atoms with Crippen LogP contribution >= 0.6 is 0 Å². The van der Waals surface area contributed by atoms with Crippen LogP contribution in [0.3, 0.4) is 0 Å². The van der Waals surface area contributed by atoms with E-state index in [0.29, 0.717) is 11.6 Å². The van der Waals surface area contributed by atoms with Gasteiger partial charge in [-0.15, -0.1) is 10.2 Å².